The number of halogens is 2. The number of benzene rings is 1. The standard InChI is InChI=1S/C18H13Br2N3S2/c19-11-4-6-13(7-5-11)23-17(15-9-12(20)10-25-15)16(22-18(23)24)14-3-1-2-8-21-14/h1-10,16-17H,(H,22,24)/t16-,17-/m1/s1. The minimum atomic E-state index is 0.00268. The maximum absolute atomic E-state index is 5.68. The van der Waals surface area contributed by atoms with Crippen molar-refractivity contribution in [3.63, 3.8) is 0 Å². The fourth-order valence-electron chi connectivity index (χ4n) is 3.01. The fourth-order valence-corrected chi connectivity index (χ4v) is 5.19. The Bertz CT molecular complexity index is 896. The van der Waals surface area contributed by atoms with Crippen molar-refractivity contribution in [1.82, 2.24) is 10.3 Å². The molecule has 0 amide bonds. The average Bonchev–Trinajstić information content (AvgIpc) is 3.20. The smallest absolute Gasteiger partial charge is 0.174 e. The Morgan fingerprint density at radius 3 is 2.52 bits per heavy atom. The second-order valence-corrected chi connectivity index (χ2v) is 8.80. The number of aromatic nitrogens is 1. The molecule has 0 saturated carbocycles. The number of thiocarbonyl (C=S) groups is 1. The molecule has 25 heavy (non-hydrogen) atoms. The summed E-state index contributed by atoms with van der Waals surface area (Å²) in [6.07, 6.45) is 1.82. The fraction of sp³-hybridized carbons (Fsp3) is 0.111. The van der Waals surface area contributed by atoms with Crippen LogP contribution >= 0.6 is 55.4 Å². The first-order chi connectivity index (χ1) is 12.1. The predicted molar refractivity (Wildman–Crippen MR) is 114 cm³/mol. The van der Waals surface area contributed by atoms with E-state index < -0.39 is 0 Å². The molecule has 1 aliphatic heterocycles. The monoisotopic (exact) mass is 493 g/mol. The highest BCUT2D eigenvalue weighted by Gasteiger charge is 2.41. The van der Waals surface area contributed by atoms with Gasteiger partial charge in [-0.25, -0.2) is 0 Å². The lowest BCUT2D eigenvalue weighted by Crippen LogP contribution is -2.28. The molecule has 3 heterocycles. The zero-order valence-corrected chi connectivity index (χ0v) is 17.7. The number of anilines is 1. The van der Waals surface area contributed by atoms with Gasteiger partial charge in [0.15, 0.2) is 5.11 Å². The maximum atomic E-state index is 5.68. The molecule has 7 heteroatoms. The van der Waals surface area contributed by atoms with Gasteiger partial charge in [0.1, 0.15) is 0 Å². The Kier molecular flexibility index (Phi) is 4.90. The van der Waals surface area contributed by atoms with E-state index in [1.165, 1.54) is 4.88 Å². The molecule has 0 spiro atoms. The SMILES string of the molecule is S=C1N[C@H](c2ccccn2)[C@@H](c2cc(Br)cs2)N1c1ccc(Br)cc1. The van der Waals surface area contributed by atoms with Crippen molar-refractivity contribution in [1.29, 1.82) is 0 Å². The van der Waals surface area contributed by atoms with Crippen molar-refractivity contribution < 1.29 is 0 Å². The summed E-state index contributed by atoms with van der Waals surface area (Å²) in [4.78, 5) is 7.97. The first-order valence-corrected chi connectivity index (χ1v) is 10.5. The molecule has 2 atom stereocenters. The minimum absolute atomic E-state index is 0.00268. The number of hydrogen-bond acceptors (Lipinski definition) is 3. The molecular formula is C18H13Br2N3S2. The van der Waals surface area contributed by atoms with E-state index in [1.54, 1.807) is 11.3 Å². The van der Waals surface area contributed by atoms with Crippen LogP contribution in [0.25, 0.3) is 0 Å². The van der Waals surface area contributed by atoms with Gasteiger partial charge < -0.3 is 10.2 Å². The number of hydrogen-bond donors (Lipinski definition) is 1. The van der Waals surface area contributed by atoms with E-state index in [1.807, 2.05) is 36.5 Å². The van der Waals surface area contributed by atoms with E-state index in [-0.39, 0.29) is 12.1 Å². The molecule has 0 bridgehead atoms. The largest absolute Gasteiger partial charge is 0.351 e. The maximum Gasteiger partial charge on any atom is 0.174 e. The summed E-state index contributed by atoms with van der Waals surface area (Å²) >= 11 is 14.5. The minimum Gasteiger partial charge on any atom is -0.351 e. The van der Waals surface area contributed by atoms with Crippen molar-refractivity contribution in [2.24, 2.45) is 0 Å². The average molecular weight is 495 g/mol. The van der Waals surface area contributed by atoms with Crippen LogP contribution in [0.4, 0.5) is 5.69 Å². The van der Waals surface area contributed by atoms with Crippen molar-refractivity contribution in [3.8, 4) is 0 Å². The van der Waals surface area contributed by atoms with Crippen LogP contribution in [-0.2, 0) is 0 Å². The van der Waals surface area contributed by atoms with Gasteiger partial charge in [-0.2, -0.15) is 0 Å². The van der Waals surface area contributed by atoms with E-state index >= 15 is 0 Å². The Labute approximate surface area is 172 Å². The van der Waals surface area contributed by atoms with Gasteiger partial charge in [0.05, 0.1) is 17.8 Å². The van der Waals surface area contributed by atoms with Gasteiger partial charge in [-0.05, 0) is 70.6 Å². The van der Waals surface area contributed by atoms with Crippen molar-refractivity contribution in [2.75, 3.05) is 4.90 Å². The molecule has 0 radical (unpaired) electrons. The molecule has 0 unspecified atom stereocenters. The summed E-state index contributed by atoms with van der Waals surface area (Å²) in [6.45, 7) is 0. The summed E-state index contributed by atoms with van der Waals surface area (Å²) in [7, 11) is 0. The molecule has 2 aromatic heterocycles. The summed E-state index contributed by atoms with van der Waals surface area (Å²) in [6, 6.07) is 16.4. The van der Waals surface area contributed by atoms with E-state index in [2.05, 4.69) is 70.6 Å². The van der Waals surface area contributed by atoms with Crippen molar-refractivity contribution in [2.45, 2.75) is 12.1 Å². The van der Waals surface area contributed by atoms with E-state index in [0.29, 0.717) is 5.11 Å². The van der Waals surface area contributed by atoms with Crippen LogP contribution in [0.5, 0.6) is 0 Å². The van der Waals surface area contributed by atoms with Crippen LogP contribution in [0.15, 0.2) is 69.1 Å². The van der Waals surface area contributed by atoms with Crippen LogP contribution in [0.1, 0.15) is 22.7 Å². The molecule has 126 valence electrons. The van der Waals surface area contributed by atoms with E-state index in [4.69, 9.17) is 12.2 Å². The summed E-state index contributed by atoms with van der Waals surface area (Å²) in [5.74, 6) is 0. The quantitative estimate of drug-likeness (QED) is 0.462. The second kappa shape index (κ2) is 7.15. The molecule has 0 aliphatic carbocycles. The Balaban J connectivity index is 1.81. The normalized spacial score (nSPS) is 19.9. The van der Waals surface area contributed by atoms with Gasteiger partial charge in [-0.3, -0.25) is 4.98 Å². The molecule has 3 aromatic rings. The topological polar surface area (TPSA) is 28.2 Å². The zero-order valence-electron chi connectivity index (χ0n) is 12.9. The number of rotatable bonds is 3. The first-order valence-electron chi connectivity index (χ1n) is 7.63. The molecular weight excluding hydrogens is 482 g/mol. The Morgan fingerprint density at radius 1 is 1.08 bits per heavy atom. The highest BCUT2D eigenvalue weighted by Crippen LogP contribution is 2.44. The van der Waals surface area contributed by atoms with Gasteiger partial charge in [0.2, 0.25) is 0 Å². The van der Waals surface area contributed by atoms with Crippen LogP contribution in [0, 0.1) is 0 Å². The van der Waals surface area contributed by atoms with Gasteiger partial charge in [0.25, 0.3) is 0 Å². The Hall–Kier alpha value is -1.28. The first kappa shape index (κ1) is 17.1. The summed E-state index contributed by atoms with van der Waals surface area (Å²) in [5.41, 5.74) is 2.05. The molecule has 3 nitrogen and oxygen atoms in total. The third-order valence-corrected chi connectivity index (χ3v) is 6.69. The second-order valence-electron chi connectivity index (χ2n) is 5.64. The third kappa shape index (κ3) is 3.38. The van der Waals surface area contributed by atoms with Gasteiger partial charge in [-0.1, -0.05) is 22.0 Å². The van der Waals surface area contributed by atoms with Crippen molar-refractivity contribution in [3.05, 3.63) is 79.6 Å². The van der Waals surface area contributed by atoms with Crippen molar-refractivity contribution >= 4 is 66.2 Å². The number of pyridine rings is 1. The number of nitrogens with one attached hydrogen (secondary N) is 1. The lowest BCUT2D eigenvalue weighted by Gasteiger charge is -2.26. The molecule has 1 N–H and O–H groups in total. The van der Waals surface area contributed by atoms with Gasteiger partial charge >= 0.3 is 0 Å². The molecule has 1 aliphatic rings. The van der Waals surface area contributed by atoms with Crippen LogP contribution in [0.2, 0.25) is 0 Å². The van der Waals surface area contributed by atoms with Gasteiger partial charge in [0, 0.05) is 31.1 Å². The lowest BCUT2D eigenvalue weighted by atomic mass is 10.0. The van der Waals surface area contributed by atoms with Crippen LogP contribution < -0.4 is 10.2 Å². The van der Waals surface area contributed by atoms with E-state index in [9.17, 15) is 0 Å². The number of nitrogens with zero attached hydrogens (tertiary/aromatic N) is 2. The third-order valence-electron chi connectivity index (χ3n) is 4.08. The van der Waals surface area contributed by atoms with Crippen LogP contribution in [0.3, 0.4) is 0 Å². The summed E-state index contributed by atoms with van der Waals surface area (Å²) in [5, 5.41) is 6.28. The zero-order chi connectivity index (χ0) is 17.4. The molecule has 1 fully saturated rings. The summed E-state index contributed by atoms with van der Waals surface area (Å²) < 4.78 is 2.13. The molecule has 1 aromatic carbocycles. The van der Waals surface area contributed by atoms with Crippen LogP contribution in [-0.4, -0.2) is 10.1 Å². The Morgan fingerprint density at radius 2 is 1.88 bits per heavy atom. The molecule has 4 rings (SSSR count). The van der Waals surface area contributed by atoms with E-state index in [0.717, 1.165) is 20.3 Å². The lowest BCUT2D eigenvalue weighted by molar-refractivity contribution is 0.575. The van der Waals surface area contributed by atoms with Gasteiger partial charge in [-0.15, -0.1) is 11.3 Å². The number of thiophene rings is 1. The highest BCUT2D eigenvalue weighted by atomic mass is 79.9. The predicted octanol–water partition coefficient (Wildman–Crippen LogP) is 5.85. The highest BCUT2D eigenvalue weighted by molar-refractivity contribution is 9.10. The molecule has 1 saturated heterocycles.